The van der Waals surface area contributed by atoms with Crippen LogP contribution < -0.4 is 0 Å². The third-order valence-corrected chi connectivity index (χ3v) is 6.52. The van der Waals surface area contributed by atoms with Gasteiger partial charge >= 0.3 is 6.09 Å². The smallest absolute Gasteiger partial charge is 0.410 e. The van der Waals surface area contributed by atoms with Crippen LogP contribution in [0.5, 0.6) is 0 Å². The van der Waals surface area contributed by atoms with Crippen LogP contribution in [-0.2, 0) is 9.53 Å². The molecule has 3 aliphatic rings. The van der Waals surface area contributed by atoms with Gasteiger partial charge in [-0.25, -0.2) is 4.79 Å². The van der Waals surface area contributed by atoms with Crippen molar-refractivity contribution < 1.29 is 19.4 Å². The maximum atomic E-state index is 12.3. The van der Waals surface area contributed by atoms with Crippen molar-refractivity contribution in [2.75, 3.05) is 39.8 Å². The molecule has 1 saturated carbocycles. The number of aliphatic hydroxyl groups is 1. The average Bonchev–Trinajstić information content (AvgIpc) is 2.97. The number of rotatable bonds is 6. The second kappa shape index (κ2) is 8.78. The van der Waals surface area contributed by atoms with Crippen molar-refractivity contribution in [3.63, 3.8) is 0 Å². The summed E-state index contributed by atoms with van der Waals surface area (Å²) in [6, 6.07) is 0.700. The van der Waals surface area contributed by atoms with Crippen LogP contribution in [0.3, 0.4) is 0 Å². The molecule has 1 N–H and O–H groups in total. The van der Waals surface area contributed by atoms with Crippen molar-refractivity contribution >= 4 is 12.0 Å². The van der Waals surface area contributed by atoms with E-state index in [9.17, 15) is 14.7 Å². The lowest BCUT2D eigenvalue weighted by molar-refractivity contribution is -0.142. The molecule has 1 spiro atoms. The van der Waals surface area contributed by atoms with E-state index < -0.39 is 11.7 Å². The quantitative estimate of drug-likeness (QED) is 0.760. The van der Waals surface area contributed by atoms with Crippen LogP contribution in [0.4, 0.5) is 4.79 Å². The van der Waals surface area contributed by atoms with E-state index in [4.69, 9.17) is 4.74 Å². The normalized spacial score (nSPS) is 24.5. The number of ether oxygens (including phenoxy) is 1. The fourth-order valence-corrected chi connectivity index (χ4v) is 4.74. The van der Waals surface area contributed by atoms with E-state index in [1.165, 1.54) is 39.0 Å². The molecule has 154 valence electrons. The van der Waals surface area contributed by atoms with E-state index in [-0.39, 0.29) is 12.0 Å². The minimum absolute atomic E-state index is 0.217. The minimum Gasteiger partial charge on any atom is -0.441 e. The van der Waals surface area contributed by atoms with Gasteiger partial charge in [0.1, 0.15) is 11.7 Å². The predicted molar refractivity (Wildman–Crippen MR) is 102 cm³/mol. The topological polar surface area (TPSA) is 73.3 Å². The molecule has 2 saturated heterocycles. The van der Waals surface area contributed by atoms with Gasteiger partial charge in [0, 0.05) is 38.5 Å². The number of carbonyl (C=O) groups excluding carboxylic acids is 2. The number of hydrogen-bond acceptors (Lipinski definition) is 5. The van der Waals surface area contributed by atoms with E-state index in [1.807, 2.05) is 4.90 Å². The Morgan fingerprint density at radius 1 is 1.30 bits per heavy atom. The van der Waals surface area contributed by atoms with Gasteiger partial charge < -0.3 is 24.5 Å². The van der Waals surface area contributed by atoms with Crippen molar-refractivity contribution in [2.45, 2.75) is 76.0 Å². The summed E-state index contributed by atoms with van der Waals surface area (Å²) in [7, 11) is 2.20. The van der Waals surface area contributed by atoms with Crippen LogP contribution in [0.15, 0.2) is 0 Å². The van der Waals surface area contributed by atoms with Crippen LogP contribution in [-0.4, -0.2) is 89.3 Å². The van der Waals surface area contributed by atoms with E-state index in [1.54, 1.807) is 4.90 Å². The summed E-state index contributed by atoms with van der Waals surface area (Å²) in [5.74, 6) is -0.239. The summed E-state index contributed by atoms with van der Waals surface area (Å²) in [6.45, 7) is 4.93. The number of likely N-dealkylation sites (tertiary alicyclic amines) is 1. The average molecular weight is 382 g/mol. The molecule has 2 heterocycles. The maximum Gasteiger partial charge on any atom is 0.410 e. The highest BCUT2D eigenvalue weighted by Gasteiger charge is 2.47. The van der Waals surface area contributed by atoms with Gasteiger partial charge in [-0.05, 0) is 39.8 Å². The molecule has 0 aromatic heterocycles. The lowest BCUT2D eigenvalue weighted by atomic mass is 9.91. The fourth-order valence-electron chi connectivity index (χ4n) is 4.74. The number of amides is 2. The Hall–Kier alpha value is -1.34. The summed E-state index contributed by atoms with van der Waals surface area (Å²) in [6.07, 6.45) is 7.71. The third kappa shape index (κ3) is 4.93. The highest BCUT2D eigenvalue weighted by Crippen LogP contribution is 2.33. The van der Waals surface area contributed by atoms with E-state index >= 15 is 0 Å². The Labute approximate surface area is 162 Å². The van der Waals surface area contributed by atoms with E-state index in [0.717, 1.165) is 19.5 Å². The Bertz CT molecular complexity index is 525. The van der Waals surface area contributed by atoms with Gasteiger partial charge in [-0.15, -0.1) is 0 Å². The van der Waals surface area contributed by atoms with Gasteiger partial charge in [0.15, 0.2) is 0 Å². The molecule has 1 atom stereocenters. The first-order chi connectivity index (χ1) is 12.9. The highest BCUT2D eigenvalue weighted by atomic mass is 16.6. The zero-order chi connectivity index (χ0) is 19.4. The summed E-state index contributed by atoms with van der Waals surface area (Å²) in [5.41, 5.74) is -0.457. The molecule has 2 aliphatic heterocycles. The SMILES string of the molecule is C[C@@H](O)C(=O)N1CCC2(CC1)CN(CCCN(C)C1CCCCC1)C(=O)O2. The molecule has 1 aliphatic carbocycles. The van der Waals surface area contributed by atoms with Gasteiger partial charge in [0.2, 0.25) is 0 Å². The number of piperidine rings is 1. The van der Waals surface area contributed by atoms with Crippen molar-refractivity contribution in [2.24, 2.45) is 0 Å². The molecule has 7 heteroatoms. The second-order valence-corrected chi connectivity index (χ2v) is 8.60. The van der Waals surface area contributed by atoms with Gasteiger partial charge in [0.05, 0.1) is 6.54 Å². The molecular weight excluding hydrogens is 346 g/mol. The Kier molecular flexibility index (Phi) is 6.63. The Morgan fingerprint density at radius 2 is 1.96 bits per heavy atom. The molecule has 0 aromatic carbocycles. The first-order valence-electron chi connectivity index (χ1n) is 10.6. The first-order valence-corrected chi connectivity index (χ1v) is 10.6. The number of carbonyl (C=O) groups is 2. The third-order valence-electron chi connectivity index (χ3n) is 6.52. The fraction of sp³-hybridized carbons (Fsp3) is 0.900. The summed E-state index contributed by atoms with van der Waals surface area (Å²) < 4.78 is 5.74. The van der Waals surface area contributed by atoms with Crippen molar-refractivity contribution in [3.8, 4) is 0 Å². The molecule has 0 aromatic rings. The maximum absolute atomic E-state index is 12.3. The zero-order valence-electron chi connectivity index (χ0n) is 16.9. The van der Waals surface area contributed by atoms with Crippen molar-refractivity contribution in [3.05, 3.63) is 0 Å². The molecule has 7 nitrogen and oxygen atoms in total. The molecule has 3 fully saturated rings. The van der Waals surface area contributed by atoms with Crippen molar-refractivity contribution in [1.82, 2.24) is 14.7 Å². The van der Waals surface area contributed by atoms with Gasteiger partial charge in [-0.1, -0.05) is 19.3 Å². The van der Waals surface area contributed by atoms with E-state index in [0.29, 0.717) is 38.5 Å². The number of hydrogen-bond donors (Lipinski definition) is 1. The summed E-state index contributed by atoms with van der Waals surface area (Å²) >= 11 is 0. The predicted octanol–water partition coefficient (Wildman–Crippen LogP) is 1.84. The van der Waals surface area contributed by atoms with Crippen molar-refractivity contribution in [1.29, 1.82) is 0 Å². The zero-order valence-corrected chi connectivity index (χ0v) is 16.9. The van der Waals surface area contributed by atoms with Crippen LogP contribution >= 0.6 is 0 Å². The second-order valence-electron chi connectivity index (χ2n) is 8.60. The number of aliphatic hydroxyl groups excluding tert-OH is 1. The minimum atomic E-state index is -0.970. The molecule has 2 amide bonds. The molecule has 27 heavy (non-hydrogen) atoms. The summed E-state index contributed by atoms with van der Waals surface area (Å²) in [4.78, 5) is 30.2. The molecular formula is C20H35N3O4. The number of nitrogens with zero attached hydrogens (tertiary/aromatic N) is 3. The monoisotopic (exact) mass is 381 g/mol. The Balaban J connectivity index is 1.42. The Morgan fingerprint density at radius 3 is 2.59 bits per heavy atom. The van der Waals surface area contributed by atoms with Gasteiger partial charge in [-0.3, -0.25) is 4.79 Å². The van der Waals surface area contributed by atoms with E-state index in [2.05, 4.69) is 11.9 Å². The molecule has 0 radical (unpaired) electrons. The summed E-state index contributed by atoms with van der Waals surface area (Å²) in [5, 5.41) is 9.46. The van der Waals surface area contributed by atoms with Crippen LogP contribution in [0.2, 0.25) is 0 Å². The molecule has 3 rings (SSSR count). The first kappa shape index (κ1) is 20.4. The highest BCUT2D eigenvalue weighted by molar-refractivity contribution is 5.80. The van der Waals surface area contributed by atoms with Crippen LogP contribution in [0.25, 0.3) is 0 Å². The van der Waals surface area contributed by atoms with Crippen LogP contribution in [0.1, 0.15) is 58.3 Å². The lowest BCUT2D eigenvalue weighted by Gasteiger charge is -2.37. The molecule has 0 unspecified atom stereocenters. The van der Waals surface area contributed by atoms with Crippen LogP contribution in [0, 0.1) is 0 Å². The molecule has 0 bridgehead atoms. The largest absolute Gasteiger partial charge is 0.441 e. The van der Waals surface area contributed by atoms with Gasteiger partial charge in [0.25, 0.3) is 5.91 Å². The van der Waals surface area contributed by atoms with Gasteiger partial charge in [-0.2, -0.15) is 0 Å². The lowest BCUT2D eigenvalue weighted by Crippen LogP contribution is -2.50. The standard InChI is InChI=1S/C20H35N3O4/c1-16(24)18(25)22-13-9-20(10-14-22)15-23(19(26)27-20)12-6-11-21(2)17-7-4-3-5-8-17/h16-17,24H,3-15H2,1-2H3/t16-/m1/s1.